The van der Waals surface area contributed by atoms with Crippen molar-refractivity contribution in [3.63, 3.8) is 0 Å². The second-order valence-electron chi connectivity index (χ2n) is 2.67. The monoisotopic (exact) mass is 216 g/mol. The van der Waals surface area contributed by atoms with Crippen molar-refractivity contribution in [3.8, 4) is 0 Å². The number of nitrogens with two attached hydrogens (primary N) is 2. The summed E-state index contributed by atoms with van der Waals surface area (Å²) in [6.45, 7) is 0. The Hall–Kier alpha value is -1.26. The number of ether oxygens (including phenoxy) is 1. The first-order valence-electron chi connectivity index (χ1n) is 3.84. The van der Waals surface area contributed by atoms with Crippen molar-refractivity contribution >= 4 is 24.1 Å². The smallest absolute Gasteiger partial charge is 0.327 e. The molecular weight excluding hydrogens is 204 g/mol. The second kappa shape index (κ2) is 5.47. The fourth-order valence-corrected chi connectivity index (χ4v) is 1.02. The third-order valence-electron chi connectivity index (χ3n) is 1.72. The maximum absolute atomic E-state index is 11.0. The Bertz CT molecular complexity index is 317. The molecule has 1 aromatic carbocycles. The maximum atomic E-state index is 11.0. The van der Waals surface area contributed by atoms with Gasteiger partial charge >= 0.3 is 5.97 Å². The largest absolute Gasteiger partial charge is 0.468 e. The number of benzene rings is 1. The van der Waals surface area contributed by atoms with E-state index in [-0.39, 0.29) is 12.4 Å². The minimum absolute atomic E-state index is 0. The minimum Gasteiger partial charge on any atom is -0.468 e. The summed E-state index contributed by atoms with van der Waals surface area (Å²) in [7, 11) is 1.30. The van der Waals surface area contributed by atoms with E-state index in [9.17, 15) is 4.79 Å². The Morgan fingerprint density at radius 2 is 2.14 bits per heavy atom. The molecule has 4 nitrogen and oxygen atoms in total. The van der Waals surface area contributed by atoms with Gasteiger partial charge < -0.3 is 16.2 Å². The van der Waals surface area contributed by atoms with Crippen molar-refractivity contribution in [2.75, 3.05) is 12.8 Å². The highest BCUT2D eigenvalue weighted by Crippen LogP contribution is 2.14. The molecule has 0 saturated carbocycles. The Labute approximate surface area is 88.6 Å². The molecule has 0 saturated heterocycles. The van der Waals surface area contributed by atoms with Gasteiger partial charge in [-0.1, -0.05) is 12.1 Å². The van der Waals surface area contributed by atoms with Crippen molar-refractivity contribution < 1.29 is 9.53 Å². The molecular formula is C9H13ClN2O2. The van der Waals surface area contributed by atoms with Crippen LogP contribution in [-0.4, -0.2) is 13.1 Å². The summed E-state index contributed by atoms with van der Waals surface area (Å²) in [5.74, 6) is -0.467. The molecule has 5 heteroatoms. The predicted octanol–water partition coefficient (Wildman–Crippen LogP) is 0.863. The van der Waals surface area contributed by atoms with Crippen LogP contribution in [0.1, 0.15) is 11.6 Å². The van der Waals surface area contributed by atoms with Gasteiger partial charge in [-0.25, -0.2) is 0 Å². The van der Waals surface area contributed by atoms with E-state index in [0.717, 1.165) is 0 Å². The van der Waals surface area contributed by atoms with Crippen LogP contribution < -0.4 is 11.5 Å². The van der Waals surface area contributed by atoms with E-state index in [1.165, 1.54) is 7.11 Å². The zero-order valence-electron chi connectivity index (χ0n) is 7.77. The van der Waals surface area contributed by atoms with Gasteiger partial charge in [0.15, 0.2) is 0 Å². The number of methoxy groups -OCH3 is 1. The number of carbonyl (C=O) groups is 1. The summed E-state index contributed by atoms with van der Waals surface area (Å²) in [5.41, 5.74) is 12.4. The van der Waals surface area contributed by atoms with Gasteiger partial charge in [0.25, 0.3) is 0 Å². The number of carbonyl (C=O) groups excluding carboxylic acids is 1. The predicted molar refractivity (Wildman–Crippen MR) is 57.0 cm³/mol. The first-order valence-corrected chi connectivity index (χ1v) is 3.84. The summed E-state index contributed by atoms with van der Waals surface area (Å²) >= 11 is 0. The summed E-state index contributed by atoms with van der Waals surface area (Å²) < 4.78 is 4.50. The van der Waals surface area contributed by atoms with Gasteiger partial charge in [-0.15, -0.1) is 12.4 Å². The molecule has 1 unspecified atom stereocenters. The standard InChI is InChI=1S/C9H12N2O2.ClH/c1-13-9(12)8(11)6-3-2-4-7(10)5-6;/h2-5,8H,10-11H2,1H3;1H. The average Bonchev–Trinajstić information content (AvgIpc) is 2.15. The Balaban J connectivity index is 0.00000169. The van der Waals surface area contributed by atoms with Crippen LogP contribution in [0.5, 0.6) is 0 Å². The van der Waals surface area contributed by atoms with Crippen LogP contribution in [0.3, 0.4) is 0 Å². The summed E-state index contributed by atoms with van der Waals surface area (Å²) in [5, 5.41) is 0. The third-order valence-corrected chi connectivity index (χ3v) is 1.72. The van der Waals surface area contributed by atoms with Crippen LogP contribution in [0.4, 0.5) is 5.69 Å². The number of anilines is 1. The van der Waals surface area contributed by atoms with E-state index < -0.39 is 12.0 Å². The summed E-state index contributed by atoms with van der Waals surface area (Å²) in [4.78, 5) is 11.0. The number of esters is 1. The molecule has 0 heterocycles. The van der Waals surface area contributed by atoms with Crippen molar-refractivity contribution in [1.29, 1.82) is 0 Å². The van der Waals surface area contributed by atoms with Crippen molar-refractivity contribution in [1.82, 2.24) is 0 Å². The SMILES string of the molecule is COC(=O)C(N)c1cccc(N)c1.Cl. The molecule has 0 amide bonds. The van der Waals surface area contributed by atoms with E-state index in [4.69, 9.17) is 11.5 Å². The van der Waals surface area contributed by atoms with Gasteiger partial charge in [0.2, 0.25) is 0 Å². The summed E-state index contributed by atoms with van der Waals surface area (Å²) in [6, 6.07) is 6.11. The molecule has 0 aliphatic rings. The lowest BCUT2D eigenvalue weighted by Gasteiger charge is -2.09. The Morgan fingerprint density at radius 3 is 2.64 bits per heavy atom. The number of hydrogen-bond acceptors (Lipinski definition) is 4. The fraction of sp³-hybridized carbons (Fsp3) is 0.222. The molecule has 0 aliphatic heterocycles. The molecule has 0 aromatic heterocycles. The third kappa shape index (κ3) is 2.90. The summed E-state index contributed by atoms with van der Waals surface area (Å²) in [6.07, 6.45) is 0. The highest BCUT2D eigenvalue weighted by Gasteiger charge is 2.15. The van der Waals surface area contributed by atoms with Crippen molar-refractivity contribution in [2.24, 2.45) is 5.73 Å². The molecule has 4 N–H and O–H groups in total. The van der Waals surface area contributed by atoms with Crippen LogP contribution in [-0.2, 0) is 9.53 Å². The van der Waals surface area contributed by atoms with E-state index >= 15 is 0 Å². The second-order valence-corrected chi connectivity index (χ2v) is 2.67. The van der Waals surface area contributed by atoms with E-state index in [2.05, 4.69) is 4.74 Å². The van der Waals surface area contributed by atoms with Gasteiger partial charge in [-0.3, -0.25) is 4.79 Å². The normalized spacial score (nSPS) is 11.3. The molecule has 14 heavy (non-hydrogen) atoms. The Morgan fingerprint density at radius 1 is 1.50 bits per heavy atom. The molecule has 1 rings (SSSR count). The van der Waals surface area contributed by atoms with E-state index in [1.807, 2.05) is 0 Å². The highest BCUT2D eigenvalue weighted by molar-refractivity contribution is 5.85. The van der Waals surface area contributed by atoms with Crippen molar-refractivity contribution in [3.05, 3.63) is 29.8 Å². The van der Waals surface area contributed by atoms with Gasteiger partial charge in [-0.05, 0) is 17.7 Å². The molecule has 0 radical (unpaired) electrons. The number of nitrogen functional groups attached to an aromatic ring is 1. The van der Waals surface area contributed by atoms with Crippen molar-refractivity contribution in [2.45, 2.75) is 6.04 Å². The quantitative estimate of drug-likeness (QED) is 0.568. The van der Waals surface area contributed by atoms with Gasteiger partial charge in [0.1, 0.15) is 6.04 Å². The van der Waals surface area contributed by atoms with Crippen LogP contribution in [0.25, 0.3) is 0 Å². The van der Waals surface area contributed by atoms with Crippen LogP contribution in [0, 0.1) is 0 Å². The topological polar surface area (TPSA) is 78.3 Å². The molecule has 0 bridgehead atoms. The zero-order valence-corrected chi connectivity index (χ0v) is 8.58. The lowest BCUT2D eigenvalue weighted by molar-refractivity contribution is -0.142. The maximum Gasteiger partial charge on any atom is 0.327 e. The van der Waals surface area contributed by atoms with Crippen LogP contribution >= 0.6 is 12.4 Å². The van der Waals surface area contributed by atoms with Crippen LogP contribution in [0.2, 0.25) is 0 Å². The molecule has 0 spiro atoms. The number of halogens is 1. The van der Waals surface area contributed by atoms with E-state index in [0.29, 0.717) is 11.3 Å². The lowest BCUT2D eigenvalue weighted by atomic mass is 10.1. The molecule has 78 valence electrons. The minimum atomic E-state index is -0.756. The fourth-order valence-electron chi connectivity index (χ4n) is 1.02. The average molecular weight is 217 g/mol. The van der Waals surface area contributed by atoms with Gasteiger partial charge in [0, 0.05) is 5.69 Å². The lowest BCUT2D eigenvalue weighted by Crippen LogP contribution is -2.22. The zero-order chi connectivity index (χ0) is 9.84. The molecule has 0 fully saturated rings. The molecule has 0 aliphatic carbocycles. The molecule has 1 aromatic rings. The number of rotatable bonds is 2. The van der Waals surface area contributed by atoms with Crippen LogP contribution in [0.15, 0.2) is 24.3 Å². The highest BCUT2D eigenvalue weighted by atomic mass is 35.5. The Kier molecular flexibility index (Phi) is 4.97. The number of hydrogen-bond donors (Lipinski definition) is 2. The molecule has 1 atom stereocenters. The van der Waals surface area contributed by atoms with E-state index in [1.54, 1.807) is 24.3 Å². The van der Waals surface area contributed by atoms with Gasteiger partial charge in [0.05, 0.1) is 7.11 Å². The first kappa shape index (κ1) is 12.7. The van der Waals surface area contributed by atoms with Gasteiger partial charge in [-0.2, -0.15) is 0 Å². The first-order chi connectivity index (χ1) is 6.15.